The lowest BCUT2D eigenvalue weighted by Gasteiger charge is -2.24. The maximum Gasteiger partial charge on any atom is 0.264 e. The molecular weight excluding hydrogens is 327 g/mol. The SMILES string of the molecule is CC(CCc1cc(/C(F)=C/C2CC2)on1)(C(=O)NO)S(C)(=O)=O. The minimum absolute atomic E-state index is 0.0143. The first kappa shape index (κ1) is 17.6. The summed E-state index contributed by atoms with van der Waals surface area (Å²) in [5, 5.41) is 12.4. The van der Waals surface area contributed by atoms with Gasteiger partial charge >= 0.3 is 0 Å². The fourth-order valence-electron chi connectivity index (χ4n) is 2.05. The van der Waals surface area contributed by atoms with E-state index in [2.05, 4.69) is 5.16 Å². The molecule has 1 saturated carbocycles. The third kappa shape index (κ3) is 3.97. The molecule has 0 saturated heterocycles. The number of allylic oxidation sites excluding steroid dienone is 1. The normalized spacial score (nSPS) is 18.5. The Morgan fingerprint density at radius 3 is 2.78 bits per heavy atom. The molecule has 0 radical (unpaired) electrons. The van der Waals surface area contributed by atoms with Crippen molar-refractivity contribution in [1.82, 2.24) is 10.6 Å². The van der Waals surface area contributed by atoms with Crippen molar-refractivity contribution in [2.75, 3.05) is 6.26 Å². The molecule has 0 spiro atoms. The van der Waals surface area contributed by atoms with Gasteiger partial charge < -0.3 is 4.52 Å². The molecule has 1 aromatic rings. The lowest BCUT2D eigenvalue weighted by atomic mass is 10.0. The van der Waals surface area contributed by atoms with Crippen LogP contribution in [0.2, 0.25) is 0 Å². The highest BCUT2D eigenvalue weighted by Gasteiger charge is 2.43. The summed E-state index contributed by atoms with van der Waals surface area (Å²) in [4.78, 5) is 11.7. The molecule has 1 aromatic heterocycles. The molecule has 128 valence electrons. The molecule has 1 heterocycles. The standard InChI is InChI=1S/C14H19FN2O5S/c1-14(13(18)16-19,23(2,20)21)6-5-10-8-12(22-17-10)11(15)7-9-3-4-9/h7-9,19H,3-6H2,1-2H3,(H,16,18)/b11-7-. The summed E-state index contributed by atoms with van der Waals surface area (Å²) in [7, 11) is -3.78. The Kier molecular flexibility index (Phi) is 4.90. The number of hydrogen-bond acceptors (Lipinski definition) is 6. The summed E-state index contributed by atoms with van der Waals surface area (Å²) in [6.07, 6.45) is 4.25. The molecule has 1 amide bonds. The van der Waals surface area contributed by atoms with Crippen LogP contribution in [0.15, 0.2) is 16.7 Å². The zero-order valence-electron chi connectivity index (χ0n) is 12.9. The van der Waals surface area contributed by atoms with Crippen molar-refractivity contribution in [2.24, 2.45) is 5.92 Å². The summed E-state index contributed by atoms with van der Waals surface area (Å²) in [6.45, 7) is 1.21. The minimum Gasteiger partial charge on any atom is -0.354 e. The number of amides is 1. The number of hydroxylamine groups is 1. The predicted molar refractivity (Wildman–Crippen MR) is 79.8 cm³/mol. The van der Waals surface area contributed by atoms with E-state index in [1.165, 1.54) is 24.5 Å². The first-order valence-corrected chi connectivity index (χ1v) is 9.04. The maximum atomic E-state index is 13.8. The zero-order valence-corrected chi connectivity index (χ0v) is 13.7. The second kappa shape index (κ2) is 6.40. The molecule has 1 aliphatic carbocycles. The number of carbonyl (C=O) groups excluding carboxylic acids is 1. The average molecular weight is 346 g/mol. The summed E-state index contributed by atoms with van der Waals surface area (Å²) in [5.41, 5.74) is 1.70. The highest BCUT2D eigenvalue weighted by Crippen LogP contribution is 2.34. The number of sulfone groups is 1. The third-order valence-electron chi connectivity index (χ3n) is 4.06. The molecule has 7 nitrogen and oxygen atoms in total. The van der Waals surface area contributed by atoms with Crippen LogP contribution in [-0.4, -0.2) is 35.7 Å². The van der Waals surface area contributed by atoms with Gasteiger partial charge in [-0.1, -0.05) is 5.16 Å². The Labute approximate surface area is 133 Å². The topological polar surface area (TPSA) is 110 Å². The molecule has 1 fully saturated rings. The largest absolute Gasteiger partial charge is 0.354 e. The number of nitrogens with one attached hydrogen (secondary N) is 1. The van der Waals surface area contributed by atoms with Crippen LogP contribution in [0, 0.1) is 5.92 Å². The van der Waals surface area contributed by atoms with E-state index in [0.29, 0.717) is 5.69 Å². The second-order valence-corrected chi connectivity index (χ2v) is 8.42. The lowest BCUT2D eigenvalue weighted by molar-refractivity contribution is -0.131. The van der Waals surface area contributed by atoms with E-state index in [0.717, 1.165) is 19.1 Å². The summed E-state index contributed by atoms with van der Waals surface area (Å²) in [5.74, 6) is -1.29. The Balaban J connectivity index is 2.10. The van der Waals surface area contributed by atoms with Crippen molar-refractivity contribution in [3.63, 3.8) is 0 Å². The zero-order chi connectivity index (χ0) is 17.3. The number of halogens is 1. The molecule has 1 aliphatic rings. The van der Waals surface area contributed by atoms with Gasteiger partial charge in [-0.25, -0.2) is 18.3 Å². The first-order chi connectivity index (χ1) is 10.7. The van der Waals surface area contributed by atoms with Crippen LogP contribution in [-0.2, 0) is 21.1 Å². The van der Waals surface area contributed by atoms with Crippen molar-refractivity contribution in [3.05, 3.63) is 23.6 Å². The van der Waals surface area contributed by atoms with Gasteiger partial charge in [0.05, 0.1) is 5.69 Å². The van der Waals surface area contributed by atoms with Gasteiger partial charge in [0.25, 0.3) is 5.91 Å². The number of aromatic nitrogens is 1. The van der Waals surface area contributed by atoms with E-state index in [1.807, 2.05) is 0 Å². The molecule has 0 aliphatic heterocycles. The third-order valence-corrected chi connectivity index (χ3v) is 6.08. The molecule has 23 heavy (non-hydrogen) atoms. The van der Waals surface area contributed by atoms with Crippen LogP contribution in [0.1, 0.15) is 37.6 Å². The molecule has 9 heteroatoms. The monoisotopic (exact) mass is 346 g/mol. The van der Waals surface area contributed by atoms with Gasteiger partial charge in [-0.05, 0) is 44.6 Å². The maximum absolute atomic E-state index is 13.8. The number of aryl methyl sites for hydroxylation is 1. The van der Waals surface area contributed by atoms with Gasteiger partial charge in [0.1, 0.15) is 4.75 Å². The van der Waals surface area contributed by atoms with Gasteiger partial charge in [0.2, 0.25) is 0 Å². The van der Waals surface area contributed by atoms with Gasteiger partial charge in [-0.3, -0.25) is 10.0 Å². The van der Waals surface area contributed by atoms with Gasteiger partial charge in [-0.15, -0.1) is 0 Å². The fourth-order valence-corrected chi connectivity index (χ4v) is 2.90. The molecule has 2 N–H and O–H groups in total. The van der Waals surface area contributed by atoms with Crippen molar-refractivity contribution in [1.29, 1.82) is 0 Å². The number of nitrogens with zero attached hydrogens (tertiary/aromatic N) is 1. The lowest BCUT2D eigenvalue weighted by Crippen LogP contribution is -2.49. The van der Waals surface area contributed by atoms with Crippen LogP contribution in [0.25, 0.3) is 5.83 Å². The van der Waals surface area contributed by atoms with E-state index >= 15 is 0 Å². The Morgan fingerprint density at radius 2 is 2.26 bits per heavy atom. The van der Waals surface area contributed by atoms with E-state index in [1.54, 1.807) is 0 Å². The average Bonchev–Trinajstić information content (AvgIpc) is 3.16. The molecular formula is C14H19FN2O5S. The van der Waals surface area contributed by atoms with Gasteiger partial charge in [-0.2, -0.15) is 0 Å². The molecule has 0 aromatic carbocycles. The van der Waals surface area contributed by atoms with Gasteiger partial charge in [0.15, 0.2) is 21.4 Å². The Hall–Kier alpha value is -1.74. The van der Waals surface area contributed by atoms with Crippen molar-refractivity contribution in [2.45, 2.75) is 37.4 Å². The van der Waals surface area contributed by atoms with Crippen molar-refractivity contribution >= 4 is 21.6 Å². The highest BCUT2D eigenvalue weighted by atomic mass is 32.2. The van der Waals surface area contributed by atoms with E-state index in [9.17, 15) is 17.6 Å². The quantitative estimate of drug-likeness (QED) is 0.574. The number of carbonyl (C=O) groups is 1. The molecule has 2 rings (SSSR count). The highest BCUT2D eigenvalue weighted by molar-refractivity contribution is 7.92. The second-order valence-electron chi connectivity index (χ2n) is 5.98. The Bertz CT molecular complexity index is 723. The van der Waals surface area contributed by atoms with Gasteiger partial charge in [0, 0.05) is 12.3 Å². The van der Waals surface area contributed by atoms with Crippen LogP contribution in [0.3, 0.4) is 0 Å². The Morgan fingerprint density at radius 1 is 1.61 bits per heavy atom. The molecule has 1 unspecified atom stereocenters. The van der Waals surface area contributed by atoms with Crippen LogP contribution in [0.5, 0.6) is 0 Å². The molecule has 1 atom stereocenters. The minimum atomic E-state index is -3.78. The smallest absolute Gasteiger partial charge is 0.264 e. The van der Waals surface area contributed by atoms with E-state index in [4.69, 9.17) is 9.73 Å². The first-order valence-electron chi connectivity index (χ1n) is 7.15. The van der Waals surface area contributed by atoms with Crippen LogP contribution >= 0.6 is 0 Å². The predicted octanol–water partition coefficient (Wildman–Crippen LogP) is 1.64. The number of rotatable bonds is 7. The van der Waals surface area contributed by atoms with Crippen LogP contribution < -0.4 is 5.48 Å². The van der Waals surface area contributed by atoms with E-state index < -0.39 is 26.3 Å². The summed E-state index contributed by atoms with van der Waals surface area (Å²) >= 11 is 0. The number of hydrogen-bond donors (Lipinski definition) is 2. The van der Waals surface area contributed by atoms with E-state index in [-0.39, 0.29) is 24.5 Å². The summed E-state index contributed by atoms with van der Waals surface area (Å²) < 4.78 is 40.6. The van der Waals surface area contributed by atoms with Crippen molar-refractivity contribution < 1.29 is 27.3 Å². The fraction of sp³-hybridized carbons (Fsp3) is 0.571. The van der Waals surface area contributed by atoms with Crippen molar-refractivity contribution in [3.8, 4) is 0 Å². The summed E-state index contributed by atoms with van der Waals surface area (Å²) in [6, 6.07) is 1.38. The van der Waals surface area contributed by atoms with Crippen LogP contribution in [0.4, 0.5) is 4.39 Å². The molecule has 0 bridgehead atoms.